The van der Waals surface area contributed by atoms with E-state index in [0.717, 1.165) is 11.1 Å². The maximum absolute atomic E-state index is 12.1. The molecular weight excluding hydrogens is 280 g/mol. The highest BCUT2D eigenvalue weighted by molar-refractivity contribution is 6.39. The summed E-state index contributed by atoms with van der Waals surface area (Å²) in [4.78, 5) is 24.0. The number of hydrogen-bond acceptors (Lipinski definition) is 3. The first kappa shape index (κ1) is 18.2. The van der Waals surface area contributed by atoms with Crippen molar-refractivity contribution >= 4 is 17.5 Å². The van der Waals surface area contributed by atoms with Gasteiger partial charge in [0.05, 0.1) is 6.61 Å². The van der Waals surface area contributed by atoms with E-state index in [0.29, 0.717) is 5.69 Å². The molecule has 2 amide bonds. The molecule has 0 heterocycles. The molecule has 0 aliphatic rings. The summed E-state index contributed by atoms with van der Waals surface area (Å²) < 4.78 is 0. The van der Waals surface area contributed by atoms with Crippen LogP contribution in [0.5, 0.6) is 0 Å². The molecule has 122 valence electrons. The van der Waals surface area contributed by atoms with E-state index in [9.17, 15) is 9.59 Å². The zero-order chi connectivity index (χ0) is 16.9. The lowest BCUT2D eigenvalue weighted by Crippen LogP contribution is -2.42. The highest BCUT2D eigenvalue weighted by Gasteiger charge is 2.20. The predicted octanol–water partition coefficient (Wildman–Crippen LogP) is 2.37. The van der Waals surface area contributed by atoms with Crippen LogP contribution in [0.4, 0.5) is 5.69 Å². The monoisotopic (exact) mass is 306 g/mol. The number of anilines is 1. The molecule has 0 spiro atoms. The first-order valence-corrected chi connectivity index (χ1v) is 7.63. The fraction of sp³-hybridized carbons (Fsp3) is 0.529. The molecule has 3 N–H and O–H groups in total. The molecule has 22 heavy (non-hydrogen) atoms. The van der Waals surface area contributed by atoms with Crippen molar-refractivity contribution in [3.8, 4) is 0 Å². The molecule has 1 aromatic rings. The van der Waals surface area contributed by atoms with E-state index in [4.69, 9.17) is 5.11 Å². The minimum Gasteiger partial charge on any atom is -0.394 e. The first-order valence-electron chi connectivity index (χ1n) is 7.63. The van der Waals surface area contributed by atoms with Crippen LogP contribution in [0.3, 0.4) is 0 Å². The lowest BCUT2D eigenvalue weighted by Gasteiger charge is -2.20. The van der Waals surface area contributed by atoms with Crippen LogP contribution >= 0.6 is 0 Å². The highest BCUT2D eigenvalue weighted by atomic mass is 16.3. The molecule has 5 nitrogen and oxygen atoms in total. The SMILES string of the molecule is CC(CO)NC(=O)C(=O)Nc1c(C(C)C)cccc1C(C)C. The van der Waals surface area contributed by atoms with Gasteiger partial charge in [-0.25, -0.2) is 0 Å². The van der Waals surface area contributed by atoms with E-state index in [1.807, 2.05) is 45.9 Å². The van der Waals surface area contributed by atoms with Crippen LogP contribution in [0.25, 0.3) is 0 Å². The van der Waals surface area contributed by atoms with Crippen LogP contribution in [0.2, 0.25) is 0 Å². The molecular formula is C17H26N2O3. The standard InChI is InChI=1S/C17H26N2O3/c1-10(2)13-7-6-8-14(11(3)4)15(13)19-17(22)16(21)18-12(5)9-20/h6-8,10-12,20H,9H2,1-5H3,(H,18,21)(H,19,22). The summed E-state index contributed by atoms with van der Waals surface area (Å²) in [5, 5.41) is 14.1. The van der Waals surface area contributed by atoms with Crippen molar-refractivity contribution in [3.05, 3.63) is 29.3 Å². The fourth-order valence-electron chi connectivity index (χ4n) is 2.20. The lowest BCUT2D eigenvalue weighted by molar-refractivity contribution is -0.136. The van der Waals surface area contributed by atoms with Crippen molar-refractivity contribution in [2.75, 3.05) is 11.9 Å². The van der Waals surface area contributed by atoms with E-state index in [1.165, 1.54) is 0 Å². The van der Waals surface area contributed by atoms with Gasteiger partial charge in [-0.1, -0.05) is 45.9 Å². The number of para-hydroxylation sites is 1. The van der Waals surface area contributed by atoms with E-state index < -0.39 is 17.9 Å². The number of benzene rings is 1. The van der Waals surface area contributed by atoms with Crippen molar-refractivity contribution in [2.24, 2.45) is 0 Å². The van der Waals surface area contributed by atoms with Crippen molar-refractivity contribution in [1.82, 2.24) is 5.32 Å². The summed E-state index contributed by atoms with van der Waals surface area (Å²) in [7, 11) is 0. The predicted molar refractivity (Wildman–Crippen MR) is 87.9 cm³/mol. The van der Waals surface area contributed by atoms with Crippen molar-refractivity contribution in [1.29, 1.82) is 0 Å². The van der Waals surface area contributed by atoms with Crippen molar-refractivity contribution < 1.29 is 14.7 Å². The Morgan fingerprint density at radius 2 is 1.50 bits per heavy atom. The minimum absolute atomic E-state index is 0.209. The number of aliphatic hydroxyl groups excluding tert-OH is 1. The van der Waals surface area contributed by atoms with Crippen LogP contribution in [-0.4, -0.2) is 29.6 Å². The molecule has 0 radical (unpaired) electrons. The lowest BCUT2D eigenvalue weighted by atomic mass is 9.92. The summed E-state index contributed by atoms with van der Waals surface area (Å²) in [6, 6.07) is 5.43. The van der Waals surface area contributed by atoms with E-state index >= 15 is 0 Å². The Kier molecular flexibility index (Phi) is 6.56. The van der Waals surface area contributed by atoms with Gasteiger partial charge in [-0.05, 0) is 29.9 Å². The summed E-state index contributed by atoms with van der Waals surface area (Å²) in [6.45, 7) is 9.60. The normalized spacial score (nSPS) is 12.4. The second-order valence-electron chi connectivity index (χ2n) is 6.13. The Hall–Kier alpha value is -1.88. The van der Waals surface area contributed by atoms with Gasteiger partial charge in [-0.15, -0.1) is 0 Å². The second-order valence-corrected chi connectivity index (χ2v) is 6.13. The number of amides is 2. The molecule has 0 saturated heterocycles. The number of aliphatic hydroxyl groups is 1. The number of carbonyl (C=O) groups excluding carboxylic acids is 2. The number of rotatable bonds is 5. The van der Waals surface area contributed by atoms with E-state index in [1.54, 1.807) is 6.92 Å². The van der Waals surface area contributed by atoms with Gasteiger partial charge >= 0.3 is 11.8 Å². The third kappa shape index (κ3) is 4.56. The minimum atomic E-state index is -0.741. The van der Waals surface area contributed by atoms with Gasteiger partial charge in [0.2, 0.25) is 0 Å². The number of hydrogen-bond donors (Lipinski definition) is 3. The Bertz CT molecular complexity index is 512. The van der Waals surface area contributed by atoms with Crippen LogP contribution in [0.15, 0.2) is 18.2 Å². The molecule has 0 fully saturated rings. The van der Waals surface area contributed by atoms with Crippen LogP contribution in [0.1, 0.15) is 57.6 Å². The van der Waals surface area contributed by atoms with Crippen LogP contribution in [-0.2, 0) is 9.59 Å². The molecule has 0 aromatic heterocycles. The largest absolute Gasteiger partial charge is 0.394 e. The van der Waals surface area contributed by atoms with Gasteiger partial charge in [-0.2, -0.15) is 0 Å². The quantitative estimate of drug-likeness (QED) is 0.731. The van der Waals surface area contributed by atoms with Crippen LogP contribution in [0, 0.1) is 0 Å². The molecule has 1 rings (SSSR count). The van der Waals surface area contributed by atoms with Gasteiger partial charge in [0.25, 0.3) is 0 Å². The van der Waals surface area contributed by atoms with Gasteiger partial charge in [-0.3, -0.25) is 9.59 Å². The maximum atomic E-state index is 12.1. The average Bonchev–Trinajstić information content (AvgIpc) is 2.46. The van der Waals surface area contributed by atoms with Crippen molar-refractivity contribution in [2.45, 2.75) is 52.5 Å². The van der Waals surface area contributed by atoms with Crippen molar-refractivity contribution in [3.63, 3.8) is 0 Å². The Labute approximate surface area is 132 Å². The third-order valence-electron chi connectivity index (χ3n) is 3.47. The molecule has 0 aliphatic carbocycles. The summed E-state index contributed by atoms with van der Waals surface area (Å²) in [5.41, 5.74) is 2.72. The van der Waals surface area contributed by atoms with Gasteiger partial charge in [0.1, 0.15) is 0 Å². The van der Waals surface area contributed by atoms with Gasteiger partial charge < -0.3 is 15.7 Å². The Morgan fingerprint density at radius 1 is 1.00 bits per heavy atom. The summed E-state index contributed by atoms with van der Waals surface area (Å²) in [5.74, 6) is -0.994. The fourth-order valence-corrected chi connectivity index (χ4v) is 2.20. The molecule has 0 bridgehead atoms. The molecule has 1 atom stereocenters. The second kappa shape index (κ2) is 7.94. The highest BCUT2D eigenvalue weighted by Crippen LogP contribution is 2.32. The molecule has 1 aromatic carbocycles. The maximum Gasteiger partial charge on any atom is 0.313 e. The zero-order valence-electron chi connectivity index (χ0n) is 13.9. The molecule has 0 aliphatic heterocycles. The number of nitrogens with one attached hydrogen (secondary N) is 2. The van der Waals surface area contributed by atoms with Gasteiger partial charge in [0, 0.05) is 11.7 Å². The molecule has 5 heteroatoms. The zero-order valence-corrected chi connectivity index (χ0v) is 13.9. The summed E-state index contributed by atoms with van der Waals surface area (Å²) >= 11 is 0. The third-order valence-corrected chi connectivity index (χ3v) is 3.47. The summed E-state index contributed by atoms with van der Waals surface area (Å²) in [6.07, 6.45) is 0. The van der Waals surface area contributed by atoms with Gasteiger partial charge in [0.15, 0.2) is 0 Å². The number of carbonyl (C=O) groups is 2. The topological polar surface area (TPSA) is 78.4 Å². The molecule has 1 unspecified atom stereocenters. The average molecular weight is 306 g/mol. The Morgan fingerprint density at radius 3 is 1.91 bits per heavy atom. The first-order chi connectivity index (χ1) is 10.3. The van der Waals surface area contributed by atoms with E-state index in [2.05, 4.69) is 10.6 Å². The molecule has 0 saturated carbocycles. The Balaban J connectivity index is 3.05. The van der Waals surface area contributed by atoms with Crippen LogP contribution < -0.4 is 10.6 Å². The van der Waals surface area contributed by atoms with E-state index in [-0.39, 0.29) is 18.4 Å². The smallest absolute Gasteiger partial charge is 0.313 e.